The summed E-state index contributed by atoms with van der Waals surface area (Å²) in [5, 5.41) is 0. The van der Waals surface area contributed by atoms with Gasteiger partial charge in [0.15, 0.2) is 0 Å². The summed E-state index contributed by atoms with van der Waals surface area (Å²) in [5.74, 6) is 0.986. The molecule has 1 rings (SSSR count). The fourth-order valence-corrected chi connectivity index (χ4v) is 1.30. The van der Waals surface area contributed by atoms with Crippen LogP contribution < -0.4 is 0 Å². The molecule has 1 heteroatoms. The second-order valence-electron chi connectivity index (χ2n) is 2.44. The maximum absolute atomic E-state index is 3.87. The van der Waals surface area contributed by atoms with Crippen molar-refractivity contribution in [1.82, 2.24) is 0 Å². The van der Waals surface area contributed by atoms with Crippen molar-refractivity contribution < 1.29 is 0 Å². The van der Waals surface area contributed by atoms with Gasteiger partial charge in [-0.2, -0.15) is 0 Å². The van der Waals surface area contributed by atoms with E-state index in [1.54, 1.807) is 0 Å². The standard InChI is InChI=1S/C7H13.Ga.3H/c1-2-7-5-3-4-6-7;;;;/h7H,1-6H2;;;;. The Morgan fingerprint density at radius 1 is 1.25 bits per heavy atom. The van der Waals surface area contributed by atoms with E-state index in [4.69, 9.17) is 0 Å². The zero-order valence-corrected chi connectivity index (χ0v) is 4.82. The van der Waals surface area contributed by atoms with E-state index >= 15 is 0 Å². The summed E-state index contributed by atoms with van der Waals surface area (Å²) in [6, 6.07) is 0. The van der Waals surface area contributed by atoms with Crippen LogP contribution in [0.25, 0.3) is 0 Å². The monoisotopic (exact) mass is 169 g/mol. The molecule has 0 atom stereocenters. The summed E-state index contributed by atoms with van der Waals surface area (Å²) >= 11 is 0. The van der Waals surface area contributed by atoms with E-state index in [9.17, 15) is 0 Å². The van der Waals surface area contributed by atoms with Gasteiger partial charge in [0, 0.05) is 0 Å². The molecule has 1 fully saturated rings. The first-order valence-corrected chi connectivity index (χ1v) is 3.22. The topological polar surface area (TPSA) is 0 Å². The van der Waals surface area contributed by atoms with Gasteiger partial charge in [0.1, 0.15) is 0 Å². The van der Waals surface area contributed by atoms with E-state index < -0.39 is 0 Å². The first-order valence-electron chi connectivity index (χ1n) is 3.22. The van der Waals surface area contributed by atoms with Crippen LogP contribution >= 0.6 is 0 Å². The molecule has 8 heavy (non-hydrogen) atoms. The summed E-state index contributed by atoms with van der Waals surface area (Å²) in [6.07, 6.45) is 6.98. The van der Waals surface area contributed by atoms with E-state index in [0.29, 0.717) is 0 Å². The molecule has 0 nitrogen and oxygen atoms in total. The molecule has 0 aliphatic heterocycles. The molecule has 0 N–H and O–H groups in total. The molecular formula is C7H16Ga. The molecule has 47 valence electrons. The van der Waals surface area contributed by atoms with E-state index in [0.717, 1.165) is 5.92 Å². The minimum atomic E-state index is 0. The molecule has 0 amide bonds. The summed E-state index contributed by atoms with van der Waals surface area (Å²) in [4.78, 5) is 0. The average Bonchev–Trinajstić information content (AvgIpc) is 2.14. The van der Waals surface area contributed by atoms with E-state index in [1.165, 1.54) is 32.1 Å². The van der Waals surface area contributed by atoms with Crippen LogP contribution in [0.1, 0.15) is 32.1 Å². The third kappa shape index (κ3) is 2.27. The predicted molar refractivity (Wildman–Crippen MR) is 41.9 cm³/mol. The van der Waals surface area contributed by atoms with Crippen LogP contribution in [0, 0.1) is 12.8 Å². The van der Waals surface area contributed by atoms with Gasteiger partial charge in [0.25, 0.3) is 0 Å². The average molecular weight is 170 g/mol. The molecule has 0 spiro atoms. The molecule has 0 aromatic carbocycles. The van der Waals surface area contributed by atoms with Crippen molar-refractivity contribution in [3.63, 3.8) is 0 Å². The summed E-state index contributed by atoms with van der Waals surface area (Å²) in [5.41, 5.74) is 0. The fourth-order valence-electron chi connectivity index (χ4n) is 1.30. The SMILES string of the molecule is [CH2]CC1CCCC1.[GaH3]. The van der Waals surface area contributed by atoms with Crippen LogP contribution in [-0.2, 0) is 0 Å². The Balaban J connectivity index is 0.000000490. The molecule has 0 bridgehead atoms. The molecule has 0 heterocycles. The molecule has 0 saturated heterocycles. The predicted octanol–water partition coefficient (Wildman–Crippen LogP) is 1.22. The van der Waals surface area contributed by atoms with Gasteiger partial charge in [-0.15, -0.1) is 0 Å². The Labute approximate surface area is 65.1 Å². The van der Waals surface area contributed by atoms with Crippen LogP contribution in [0.15, 0.2) is 0 Å². The zero-order valence-electron chi connectivity index (χ0n) is 4.82. The van der Waals surface area contributed by atoms with Crippen molar-refractivity contribution in [2.45, 2.75) is 32.1 Å². The van der Waals surface area contributed by atoms with Crippen LogP contribution in [0.5, 0.6) is 0 Å². The first-order chi connectivity index (χ1) is 3.43. The molecule has 1 aliphatic carbocycles. The fraction of sp³-hybridized carbons (Fsp3) is 0.857. The molecule has 0 aromatic rings. The van der Waals surface area contributed by atoms with Gasteiger partial charge in [0.2, 0.25) is 0 Å². The first kappa shape index (κ1) is 8.64. The van der Waals surface area contributed by atoms with E-state index in [2.05, 4.69) is 6.92 Å². The summed E-state index contributed by atoms with van der Waals surface area (Å²) in [7, 11) is 0. The van der Waals surface area contributed by atoms with Gasteiger partial charge in [0.05, 0.1) is 0 Å². The van der Waals surface area contributed by atoms with Crippen molar-refractivity contribution >= 4 is 19.8 Å². The van der Waals surface area contributed by atoms with Crippen molar-refractivity contribution in [1.29, 1.82) is 0 Å². The van der Waals surface area contributed by atoms with Gasteiger partial charge in [-0.1, -0.05) is 39.0 Å². The van der Waals surface area contributed by atoms with Gasteiger partial charge < -0.3 is 0 Å². The summed E-state index contributed by atoms with van der Waals surface area (Å²) < 4.78 is 0. The van der Waals surface area contributed by atoms with Crippen LogP contribution in [-0.4, -0.2) is 19.8 Å². The third-order valence-corrected chi connectivity index (χ3v) is 1.88. The maximum atomic E-state index is 3.87. The van der Waals surface area contributed by atoms with E-state index in [-0.39, 0.29) is 19.8 Å². The second kappa shape index (κ2) is 4.51. The van der Waals surface area contributed by atoms with Crippen molar-refractivity contribution in [3.8, 4) is 0 Å². The van der Waals surface area contributed by atoms with Crippen LogP contribution in [0.4, 0.5) is 0 Å². The molecule has 1 aliphatic rings. The van der Waals surface area contributed by atoms with E-state index in [1.807, 2.05) is 0 Å². The van der Waals surface area contributed by atoms with Crippen molar-refractivity contribution in [3.05, 3.63) is 6.92 Å². The Morgan fingerprint density at radius 3 is 2.00 bits per heavy atom. The Hall–Kier alpha value is 0.636. The number of hydrogen-bond donors (Lipinski definition) is 0. The quantitative estimate of drug-likeness (QED) is 0.519. The molecular weight excluding hydrogens is 154 g/mol. The number of hydrogen-bond acceptors (Lipinski definition) is 0. The van der Waals surface area contributed by atoms with Gasteiger partial charge in [-0.25, -0.2) is 0 Å². The summed E-state index contributed by atoms with van der Waals surface area (Å²) in [6.45, 7) is 3.87. The Bertz CT molecular complexity index is 46.3. The van der Waals surface area contributed by atoms with Crippen molar-refractivity contribution in [2.75, 3.05) is 0 Å². The zero-order chi connectivity index (χ0) is 5.11. The Kier molecular flexibility index (Phi) is 4.87. The number of rotatable bonds is 1. The van der Waals surface area contributed by atoms with Crippen LogP contribution in [0.3, 0.4) is 0 Å². The molecule has 1 radical (unpaired) electrons. The molecule has 0 aromatic heterocycles. The second-order valence-corrected chi connectivity index (χ2v) is 2.44. The van der Waals surface area contributed by atoms with Crippen molar-refractivity contribution in [2.24, 2.45) is 5.92 Å². The third-order valence-electron chi connectivity index (χ3n) is 1.88. The minimum absolute atomic E-state index is 0. The van der Waals surface area contributed by atoms with Crippen LogP contribution in [0.2, 0.25) is 0 Å². The Morgan fingerprint density at radius 2 is 1.75 bits per heavy atom. The van der Waals surface area contributed by atoms with Gasteiger partial charge in [-0.05, 0) is 5.92 Å². The molecule has 0 unspecified atom stereocenters. The van der Waals surface area contributed by atoms with Gasteiger partial charge >= 0.3 is 19.8 Å². The van der Waals surface area contributed by atoms with Gasteiger partial charge in [-0.3, -0.25) is 0 Å². The normalized spacial score (nSPS) is 20.6. The molecule has 1 saturated carbocycles.